The zero-order valence-corrected chi connectivity index (χ0v) is 17.0. The first-order chi connectivity index (χ1) is 13.4. The number of rotatable bonds is 7. The van der Waals surface area contributed by atoms with E-state index in [-0.39, 0.29) is 18.3 Å². The van der Waals surface area contributed by atoms with Crippen LogP contribution in [-0.2, 0) is 13.5 Å². The SMILES string of the molecule is COc1sc(C(N)=O)c([C@@H](CN)Cc2ccc(F)cc2)c1-c1c(Cl)cnn1C. The van der Waals surface area contributed by atoms with Crippen LogP contribution in [0.1, 0.15) is 26.7 Å². The molecule has 6 nitrogen and oxygen atoms in total. The number of thiophene rings is 1. The van der Waals surface area contributed by atoms with Gasteiger partial charge in [0, 0.05) is 13.0 Å². The molecule has 1 aromatic carbocycles. The van der Waals surface area contributed by atoms with Crippen LogP contribution >= 0.6 is 22.9 Å². The molecule has 0 aliphatic heterocycles. The van der Waals surface area contributed by atoms with Gasteiger partial charge in [0.2, 0.25) is 0 Å². The van der Waals surface area contributed by atoms with Crippen molar-refractivity contribution in [3.63, 3.8) is 0 Å². The number of carbonyl (C=O) groups is 1. The van der Waals surface area contributed by atoms with Gasteiger partial charge in [-0.1, -0.05) is 35.1 Å². The van der Waals surface area contributed by atoms with Crippen LogP contribution in [-0.4, -0.2) is 29.3 Å². The molecule has 148 valence electrons. The maximum absolute atomic E-state index is 13.3. The van der Waals surface area contributed by atoms with Crippen LogP contribution in [0.2, 0.25) is 5.02 Å². The molecule has 3 rings (SSSR count). The van der Waals surface area contributed by atoms with Crippen molar-refractivity contribution in [2.75, 3.05) is 13.7 Å². The smallest absolute Gasteiger partial charge is 0.259 e. The number of hydrogen-bond acceptors (Lipinski definition) is 5. The third-order valence-corrected chi connectivity index (χ3v) is 6.00. The maximum Gasteiger partial charge on any atom is 0.259 e. The Bertz CT molecular complexity index is 981. The van der Waals surface area contributed by atoms with Gasteiger partial charge in [0.25, 0.3) is 5.91 Å². The van der Waals surface area contributed by atoms with Gasteiger partial charge in [-0.3, -0.25) is 9.48 Å². The van der Waals surface area contributed by atoms with Crippen LogP contribution in [0.5, 0.6) is 5.06 Å². The summed E-state index contributed by atoms with van der Waals surface area (Å²) < 4.78 is 20.4. The molecule has 3 aromatic rings. The zero-order valence-electron chi connectivity index (χ0n) is 15.4. The highest BCUT2D eigenvalue weighted by molar-refractivity contribution is 7.16. The van der Waals surface area contributed by atoms with Gasteiger partial charge in [0.15, 0.2) is 5.06 Å². The molecule has 2 heterocycles. The minimum Gasteiger partial charge on any atom is -0.487 e. The molecule has 4 N–H and O–H groups in total. The van der Waals surface area contributed by atoms with E-state index in [4.69, 9.17) is 27.8 Å². The number of halogens is 2. The lowest BCUT2D eigenvalue weighted by Gasteiger charge is -2.18. The van der Waals surface area contributed by atoms with E-state index < -0.39 is 5.91 Å². The molecular weight excluding hydrogens is 403 g/mol. The van der Waals surface area contributed by atoms with Crippen LogP contribution in [0.3, 0.4) is 0 Å². The lowest BCUT2D eigenvalue weighted by atomic mass is 9.88. The Labute approximate surface area is 170 Å². The van der Waals surface area contributed by atoms with Crippen LogP contribution in [0.4, 0.5) is 4.39 Å². The molecule has 0 unspecified atom stereocenters. The van der Waals surface area contributed by atoms with Crippen LogP contribution in [0, 0.1) is 5.82 Å². The lowest BCUT2D eigenvalue weighted by Crippen LogP contribution is -2.20. The molecule has 0 aliphatic rings. The molecule has 0 saturated heterocycles. The summed E-state index contributed by atoms with van der Waals surface area (Å²) in [6, 6.07) is 6.18. The van der Waals surface area contributed by atoms with Crippen molar-refractivity contribution in [3.8, 4) is 16.3 Å². The van der Waals surface area contributed by atoms with E-state index in [9.17, 15) is 9.18 Å². The van der Waals surface area contributed by atoms with Crippen molar-refractivity contribution < 1.29 is 13.9 Å². The first kappa shape index (κ1) is 20.3. The molecule has 9 heteroatoms. The van der Waals surface area contributed by atoms with Crippen molar-refractivity contribution >= 4 is 28.8 Å². The third kappa shape index (κ3) is 3.76. The molecule has 0 fully saturated rings. The molecule has 0 radical (unpaired) electrons. The Morgan fingerprint density at radius 2 is 2.07 bits per heavy atom. The summed E-state index contributed by atoms with van der Waals surface area (Å²) in [5.74, 6) is -1.14. The Morgan fingerprint density at radius 3 is 2.57 bits per heavy atom. The predicted octanol–water partition coefficient (Wildman–Crippen LogP) is 3.33. The van der Waals surface area contributed by atoms with E-state index in [1.807, 2.05) is 0 Å². The van der Waals surface area contributed by atoms with Gasteiger partial charge < -0.3 is 16.2 Å². The van der Waals surface area contributed by atoms with Gasteiger partial charge in [0.1, 0.15) is 5.82 Å². The van der Waals surface area contributed by atoms with E-state index in [0.717, 1.165) is 16.9 Å². The van der Waals surface area contributed by atoms with E-state index in [2.05, 4.69) is 5.10 Å². The fourth-order valence-corrected chi connectivity index (χ4v) is 4.58. The number of primary amides is 1. The van der Waals surface area contributed by atoms with Gasteiger partial charge in [-0.25, -0.2) is 4.39 Å². The van der Waals surface area contributed by atoms with Gasteiger partial charge >= 0.3 is 0 Å². The first-order valence-electron chi connectivity index (χ1n) is 8.50. The number of carbonyl (C=O) groups excluding carboxylic acids is 1. The third-order valence-electron chi connectivity index (χ3n) is 4.54. The quantitative estimate of drug-likeness (QED) is 0.610. The second-order valence-electron chi connectivity index (χ2n) is 6.30. The predicted molar refractivity (Wildman–Crippen MR) is 109 cm³/mol. The minimum absolute atomic E-state index is 0.250. The fourth-order valence-electron chi connectivity index (χ4n) is 3.26. The van der Waals surface area contributed by atoms with E-state index in [1.165, 1.54) is 25.4 Å². The molecular formula is C19H20ClFN4O2S. The molecule has 0 spiro atoms. The average molecular weight is 423 g/mol. The standard InChI is InChI=1S/C19H20ClFN4O2S/c1-25-16(13(20)9-24-25)15-14(17(18(23)26)28-19(15)27-2)11(8-22)7-10-3-5-12(21)6-4-10/h3-6,9,11H,7-8,22H2,1-2H3,(H2,23,26)/t11-/m1/s1. The average Bonchev–Trinajstić information content (AvgIpc) is 3.20. The van der Waals surface area contributed by atoms with Crippen molar-refractivity contribution in [1.29, 1.82) is 0 Å². The first-order valence-corrected chi connectivity index (χ1v) is 9.69. The number of aryl methyl sites for hydroxylation is 1. The van der Waals surface area contributed by atoms with Crippen molar-refractivity contribution in [1.82, 2.24) is 9.78 Å². The van der Waals surface area contributed by atoms with Gasteiger partial charge in [0.05, 0.1) is 34.5 Å². The summed E-state index contributed by atoms with van der Waals surface area (Å²) in [5.41, 5.74) is 14.6. The fraction of sp³-hybridized carbons (Fsp3) is 0.263. The monoisotopic (exact) mass is 422 g/mol. The topological polar surface area (TPSA) is 96.2 Å². The maximum atomic E-state index is 13.3. The molecule has 28 heavy (non-hydrogen) atoms. The van der Waals surface area contributed by atoms with Crippen molar-refractivity contribution in [2.45, 2.75) is 12.3 Å². The number of hydrogen-bond donors (Lipinski definition) is 2. The normalized spacial score (nSPS) is 12.2. The number of ether oxygens (including phenoxy) is 1. The van der Waals surface area contributed by atoms with E-state index in [1.54, 1.807) is 23.9 Å². The lowest BCUT2D eigenvalue weighted by molar-refractivity contribution is 0.100. The Balaban J connectivity index is 2.20. The number of aromatic nitrogens is 2. The summed E-state index contributed by atoms with van der Waals surface area (Å²) in [6.45, 7) is 0.250. The molecule has 0 saturated carbocycles. The molecule has 1 atom stereocenters. The zero-order chi connectivity index (χ0) is 20.4. The van der Waals surface area contributed by atoms with Crippen LogP contribution in [0.15, 0.2) is 30.5 Å². The number of nitrogens with two attached hydrogens (primary N) is 2. The van der Waals surface area contributed by atoms with Crippen LogP contribution in [0.25, 0.3) is 11.3 Å². The Morgan fingerprint density at radius 1 is 1.39 bits per heavy atom. The molecule has 2 aromatic heterocycles. The molecule has 0 bridgehead atoms. The number of amides is 1. The summed E-state index contributed by atoms with van der Waals surface area (Å²) in [6.07, 6.45) is 2.03. The summed E-state index contributed by atoms with van der Waals surface area (Å²) in [7, 11) is 3.27. The van der Waals surface area contributed by atoms with Gasteiger partial charge in [-0.05, 0) is 36.2 Å². The van der Waals surface area contributed by atoms with E-state index in [0.29, 0.717) is 38.2 Å². The number of benzene rings is 1. The summed E-state index contributed by atoms with van der Waals surface area (Å²) in [5, 5.41) is 5.12. The highest BCUT2D eigenvalue weighted by Gasteiger charge is 2.31. The molecule has 1 amide bonds. The van der Waals surface area contributed by atoms with E-state index >= 15 is 0 Å². The molecule has 0 aliphatic carbocycles. The second-order valence-corrected chi connectivity index (χ2v) is 7.69. The van der Waals surface area contributed by atoms with Gasteiger partial charge in [-0.15, -0.1) is 0 Å². The highest BCUT2D eigenvalue weighted by atomic mass is 35.5. The number of methoxy groups -OCH3 is 1. The summed E-state index contributed by atoms with van der Waals surface area (Å²) in [4.78, 5) is 12.6. The second kappa shape index (κ2) is 8.30. The van der Waals surface area contributed by atoms with Crippen molar-refractivity contribution in [2.24, 2.45) is 18.5 Å². The minimum atomic E-state index is -0.569. The van der Waals surface area contributed by atoms with Gasteiger partial charge in [-0.2, -0.15) is 5.10 Å². The summed E-state index contributed by atoms with van der Waals surface area (Å²) >= 11 is 7.53. The van der Waals surface area contributed by atoms with Crippen LogP contribution < -0.4 is 16.2 Å². The Kier molecular flexibility index (Phi) is 6.02. The Hall–Kier alpha value is -2.42. The van der Waals surface area contributed by atoms with Crippen molar-refractivity contribution in [3.05, 3.63) is 57.3 Å². The largest absolute Gasteiger partial charge is 0.487 e. The number of nitrogens with zero attached hydrogens (tertiary/aromatic N) is 2. The highest BCUT2D eigenvalue weighted by Crippen LogP contribution is 2.48.